The van der Waals surface area contributed by atoms with Crippen molar-refractivity contribution in [2.75, 3.05) is 56.9 Å². The molecule has 0 fully saturated rings. The third-order valence-corrected chi connectivity index (χ3v) is 8.96. The lowest BCUT2D eigenvalue weighted by molar-refractivity contribution is 0.277. The first kappa shape index (κ1) is 72.8. The molecule has 0 atom stereocenters. The quantitative estimate of drug-likeness (QED) is 0.152. The summed E-state index contributed by atoms with van der Waals surface area (Å²) in [5, 5.41) is 13.1. The van der Waals surface area contributed by atoms with Crippen molar-refractivity contribution in [3.05, 3.63) is 279 Å². The summed E-state index contributed by atoms with van der Waals surface area (Å²) in [6, 6.07) is 95.6. The number of hydrogen-bond acceptors (Lipinski definition) is 4. The first-order chi connectivity index (χ1) is 37.5. The minimum atomic E-state index is 1.31. The Kier molecular flexibility index (Phi) is 54.5. The van der Waals surface area contributed by atoms with Gasteiger partial charge in [-0.3, -0.25) is 0 Å². The number of rotatable bonds is 0. The van der Waals surface area contributed by atoms with Gasteiger partial charge in [0.25, 0.3) is 0 Å². The molecule has 0 unspecified atom stereocenters. The van der Waals surface area contributed by atoms with E-state index >= 15 is 0 Å². The largest absolute Gasteiger partial charge is 0.388 e. The fourth-order valence-corrected chi connectivity index (χ4v) is 6.05. The SMILES string of the molecule is CC.CC.CC.CC.COC.COC.COC.COC.c1ccc2ccccc2c1.c1ccc2ccccc2c1.c1ccc2ccccc2c1.c1ccc2ccccc2c1.c1ccc2ccccc2c1.c1ccccc1. The highest BCUT2D eigenvalue weighted by Crippen LogP contribution is 2.14. The molecule has 11 aromatic rings. The van der Waals surface area contributed by atoms with Gasteiger partial charge in [-0.05, 0) is 53.9 Å². The van der Waals surface area contributed by atoms with Gasteiger partial charge in [0, 0.05) is 56.9 Å². The van der Waals surface area contributed by atoms with Crippen LogP contribution in [0.15, 0.2) is 279 Å². The molecule has 0 heterocycles. The predicted molar refractivity (Wildman–Crippen MR) is 343 cm³/mol. The van der Waals surface area contributed by atoms with Crippen molar-refractivity contribution in [1.29, 1.82) is 0 Å². The Labute approximate surface area is 461 Å². The van der Waals surface area contributed by atoms with Crippen molar-refractivity contribution < 1.29 is 18.9 Å². The van der Waals surface area contributed by atoms with Crippen LogP contribution in [0.2, 0.25) is 0 Å². The fourth-order valence-electron chi connectivity index (χ4n) is 6.05. The van der Waals surface area contributed by atoms with E-state index in [0.29, 0.717) is 0 Å². The molecule has 0 saturated heterocycles. The van der Waals surface area contributed by atoms with E-state index in [1.54, 1.807) is 56.9 Å². The van der Waals surface area contributed by atoms with E-state index in [9.17, 15) is 0 Å². The Morgan fingerprint density at radius 1 is 0.132 bits per heavy atom. The lowest BCUT2D eigenvalue weighted by atomic mass is 10.1. The predicted octanol–water partition coefficient (Wildman–Crippen LogP) is 21.0. The normalized spacial score (nSPS) is 8.47. The number of benzene rings is 11. The van der Waals surface area contributed by atoms with Crippen LogP contribution in [0.25, 0.3) is 53.9 Å². The second-order valence-corrected chi connectivity index (χ2v) is 14.5. The average molecular weight is 1020 g/mol. The molecule has 0 amide bonds. The topological polar surface area (TPSA) is 36.9 Å². The van der Waals surface area contributed by atoms with Crippen molar-refractivity contribution >= 4 is 53.9 Å². The van der Waals surface area contributed by atoms with Gasteiger partial charge in [0.15, 0.2) is 0 Å². The molecule has 406 valence electrons. The second kappa shape index (κ2) is 56.8. The van der Waals surface area contributed by atoms with Crippen molar-refractivity contribution in [2.45, 2.75) is 55.4 Å². The molecule has 0 saturated carbocycles. The first-order valence-electron chi connectivity index (χ1n) is 26.3. The number of methoxy groups -OCH3 is 4. The van der Waals surface area contributed by atoms with Crippen molar-refractivity contribution in [2.24, 2.45) is 0 Å². The van der Waals surface area contributed by atoms with Gasteiger partial charge in [-0.1, -0.05) is 334 Å². The Hall–Kier alpha value is -7.44. The van der Waals surface area contributed by atoms with Crippen LogP contribution in [0, 0.1) is 0 Å². The Bertz CT molecular complexity index is 2090. The fraction of sp³-hybridized carbons (Fsp3) is 0.222. The molecule has 76 heavy (non-hydrogen) atoms. The van der Waals surface area contributed by atoms with Crippen molar-refractivity contribution in [3.63, 3.8) is 0 Å². The van der Waals surface area contributed by atoms with Gasteiger partial charge in [-0.25, -0.2) is 0 Å². The molecular formula is C72H94O4. The first-order valence-corrected chi connectivity index (χ1v) is 26.3. The molecule has 0 bridgehead atoms. The summed E-state index contributed by atoms with van der Waals surface area (Å²) in [5.74, 6) is 0. The molecule has 0 aliphatic heterocycles. The van der Waals surface area contributed by atoms with E-state index in [1.165, 1.54) is 53.9 Å². The number of fused-ring (bicyclic) bond motifs is 5. The summed E-state index contributed by atoms with van der Waals surface area (Å²) in [7, 11) is 13.0. The smallest absolute Gasteiger partial charge is 0.0351 e. The lowest BCUT2D eigenvalue weighted by Crippen LogP contribution is -1.67. The average Bonchev–Trinajstić information content (AvgIpc) is 3.51. The van der Waals surface area contributed by atoms with E-state index in [1.807, 2.05) is 91.8 Å². The summed E-state index contributed by atoms with van der Waals surface area (Å²) >= 11 is 0. The maximum absolute atomic E-state index is 4.25. The maximum atomic E-state index is 4.25. The zero-order valence-electron chi connectivity index (χ0n) is 49.2. The van der Waals surface area contributed by atoms with E-state index in [2.05, 4.69) is 262 Å². The Morgan fingerprint density at radius 3 is 0.237 bits per heavy atom. The van der Waals surface area contributed by atoms with Crippen LogP contribution in [0.5, 0.6) is 0 Å². The molecule has 11 aromatic carbocycles. The minimum Gasteiger partial charge on any atom is -0.388 e. The van der Waals surface area contributed by atoms with E-state index in [4.69, 9.17) is 0 Å². The molecule has 0 N–H and O–H groups in total. The van der Waals surface area contributed by atoms with Gasteiger partial charge in [0.2, 0.25) is 0 Å². The molecule has 0 aliphatic rings. The van der Waals surface area contributed by atoms with E-state index < -0.39 is 0 Å². The van der Waals surface area contributed by atoms with Gasteiger partial charge >= 0.3 is 0 Å². The highest BCUT2D eigenvalue weighted by atomic mass is 16.5. The number of ether oxygens (including phenoxy) is 4. The summed E-state index contributed by atoms with van der Waals surface area (Å²) in [6.45, 7) is 16.0. The Morgan fingerprint density at radius 2 is 0.184 bits per heavy atom. The minimum absolute atomic E-state index is 1.31. The Balaban J connectivity index is -0.000000790. The zero-order chi connectivity index (χ0) is 57.1. The highest BCUT2D eigenvalue weighted by molar-refractivity contribution is 5.84. The summed E-state index contributed by atoms with van der Waals surface area (Å²) in [4.78, 5) is 0. The standard InChI is InChI=1S/5C10H8.C6H6.4C2H6O.4C2H6/c5*1-2-6-10-8-4-3-7-9(10)5-1;1-2-4-6-5-3-1;4*1-3-2;4*1-2/h5*1-8H;1-6H;4*1-2H3;4*1-2H3. The molecule has 0 aliphatic carbocycles. The molecule has 0 spiro atoms. The van der Waals surface area contributed by atoms with E-state index in [0.717, 1.165) is 0 Å². The maximum Gasteiger partial charge on any atom is 0.0351 e. The highest BCUT2D eigenvalue weighted by Gasteiger charge is 1.89. The molecular weight excluding hydrogens is 929 g/mol. The van der Waals surface area contributed by atoms with Crippen LogP contribution < -0.4 is 0 Å². The summed E-state index contributed by atoms with van der Waals surface area (Å²) in [5.41, 5.74) is 0. The molecule has 0 radical (unpaired) electrons. The van der Waals surface area contributed by atoms with Crippen LogP contribution >= 0.6 is 0 Å². The van der Waals surface area contributed by atoms with Gasteiger partial charge in [0.1, 0.15) is 0 Å². The van der Waals surface area contributed by atoms with Gasteiger partial charge < -0.3 is 18.9 Å². The van der Waals surface area contributed by atoms with Crippen molar-refractivity contribution in [3.8, 4) is 0 Å². The summed E-state index contributed by atoms with van der Waals surface area (Å²) in [6.07, 6.45) is 0. The third kappa shape index (κ3) is 36.5. The molecule has 11 rings (SSSR count). The zero-order valence-corrected chi connectivity index (χ0v) is 49.2. The molecule has 4 nitrogen and oxygen atoms in total. The van der Waals surface area contributed by atoms with Crippen LogP contribution in [-0.2, 0) is 18.9 Å². The lowest BCUT2D eigenvalue weighted by Gasteiger charge is -1.92. The molecule has 0 aromatic heterocycles. The second-order valence-electron chi connectivity index (χ2n) is 14.5. The monoisotopic (exact) mass is 1020 g/mol. The van der Waals surface area contributed by atoms with Crippen LogP contribution in [0.1, 0.15) is 55.4 Å². The number of hydrogen-bond donors (Lipinski definition) is 0. The van der Waals surface area contributed by atoms with E-state index in [-0.39, 0.29) is 0 Å². The van der Waals surface area contributed by atoms with Gasteiger partial charge in [-0.2, -0.15) is 0 Å². The van der Waals surface area contributed by atoms with Gasteiger partial charge in [-0.15, -0.1) is 0 Å². The molecule has 4 heteroatoms. The van der Waals surface area contributed by atoms with Crippen LogP contribution in [-0.4, -0.2) is 56.9 Å². The van der Waals surface area contributed by atoms with Crippen LogP contribution in [0.3, 0.4) is 0 Å². The summed E-state index contributed by atoms with van der Waals surface area (Å²) < 4.78 is 17.0. The van der Waals surface area contributed by atoms with Crippen LogP contribution in [0.4, 0.5) is 0 Å². The third-order valence-electron chi connectivity index (χ3n) is 8.96. The van der Waals surface area contributed by atoms with Crippen molar-refractivity contribution in [1.82, 2.24) is 0 Å². The van der Waals surface area contributed by atoms with Gasteiger partial charge in [0.05, 0.1) is 0 Å².